The average Bonchev–Trinajstić information content (AvgIpc) is 3.00. The Hall–Kier alpha value is 0.01000. The van der Waals surface area contributed by atoms with E-state index in [0.29, 0.717) is 12.3 Å². The van der Waals surface area contributed by atoms with Crippen LogP contribution in [0.3, 0.4) is 0 Å². The maximum absolute atomic E-state index is 11.7. The van der Waals surface area contributed by atoms with Gasteiger partial charge in [-0.3, -0.25) is 4.79 Å². The van der Waals surface area contributed by atoms with E-state index >= 15 is 0 Å². The molecule has 1 amide bonds. The van der Waals surface area contributed by atoms with E-state index in [1.54, 1.807) is 0 Å². The Balaban J connectivity index is 1.93. The highest BCUT2D eigenvalue weighted by Crippen LogP contribution is 2.53. The first-order valence-electron chi connectivity index (χ1n) is 5.20. The van der Waals surface area contributed by atoms with Gasteiger partial charge >= 0.3 is 0 Å². The minimum absolute atomic E-state index is 0.0340. The van der Waals surface area contributed by atoms with Gasteiger partial charge in [0.1, 0.15) is 4.33 Å². The van der Waals surface area contributed by atoms with Crippen LogP contribution < -0.4 is 5.32 Å². The summed E-state index contributed by atoms with van der Waals surface area (Å²) in [5, 5.41) is 12.2. The monoisotopic (exact) mass is 251 g/mol. The number of carbonyl (C=O) groups is 1. The molecule has 0 saturated heterocycles. The summed E-state index contributed by atoms with van der Waals surface area (Å²) >= 11 is 11.6. The molecule has 2 N–H and O–H groups in total. The Morgan fingerprint density at radius 2 is 2.13 bits per heavy atom. The Kier molecular flexibility index (Phi) is 2.69. The highest BCUT2D eigenvalue weighted by atomic mass is 35.5. The average molecular weight is 252 g/mol. The standard InChI is InChI=1S/C10H15Cl2NO2/c1-9(5-14,6-2-3-6)13-8(15)7-4-10(7,11)12/h6-7,14H,2-5H2,1H3,(H,13,15). The molecule has 15 heavy (non-hydrogen) atoms. The van der Waals surface area contributed by atoms with Gasteiger partial charge in [0.25, 0.3) is 0 Å². The van der Waals surface area contributed by atoms with Gasteiger partial charge in [-0.1, -0.05) is 0 Å². The number of hydrogen-bond donors (Lipinski definition) is 2. The molecule has 0 aromatic rings. The minimum atomic E-state index is -0.885. The van der Waals surface area contributed by atoms with E-state index in [1.807, 2.05) is 6.92 Å². The number of nitrogens with one attached hydrogen (secondary N) is 1. The first-order valence-corrected chi connectivity index (χ1v) is 5.95. The third-order valence-corrected chi connectivity index (χ3v) is 4.19. The van der Waals surface area contributed by atoms with Gasteiger partial charge in [-0.05, 0) is 32.1 Å². The first kappa shape index (κ1) is 11.5. The van der Waals surface area contributed by atoms with Crippen molar-refractivity contribution in [3.8, 4) is 0 Å². The van der Waals surface area contributed by atoms with Crippen molar-refractivity contribution in [1.29, 1.82) is 0 Å². The zero-order chi connectivity index (χ0) is 11.3. The normalized spacial score (nSPS) is 31.9. The third-order valence-electron chi connectivity index (χ3n) is 3.36. The topological polar surface area (TPSA) is 49.3 Å². The number of aliphatic hydroxyl groups is 1. The van der Waals surface area contributed by atoms with E-state index in [9.17, 15) is 9.90 Å². The fourth-order valence-electron chi connectivity index (χ4n) is 1.86. The lowest BCUT2D eigenvalue weighted by atomic mass is 9.96. The number of carbonyl (C=O) groups excluding carboxylic acids is 1. The lowest BCUT2D eigenvalue weighted by Crippen LogP contribution is -2.51. The molecule has 0 aromatic carbocycles. The van der Waals surface area contributed by atoms with Crippen LogP contribution in [0.1, 0.15) is 26.2 Å². The summed E-state index contributed by atoms with van der Waals surface area (Å²) in [6, 6.07) is 0. The second kappa shape index (κ2) is 3.51. The molecule has 2 fully saturated rings. The second-order valence-electron chi connectivity index (χ2n) is 4.86. The third kappa shape index (κ3) is 2.24. The lowest BCUT2D eigenvalue weighted by molar-refractivity contribution is -0.125. The van der Waals surface area contributed by atoms with E-state index in [0.717, 1.165) is 12.8 Å². The van der Waals surface area contributed by atoms with Crippen LogP contribution in [0, 0.1) is 11.8 Å². The Bertz CT molecular complexity index is 291. The van der Waals surface area contributed by atoms with E-state index in [1.165, 1.54) is 0 Å². The number of aliphatic hydroxyl groups excluding tert-OH is 1. The van der Waals surface area contributed by atoms with Crippen molar-refractivity contribution in [3.63, 3.8) is 0 Å². The van der Waals surface area contributed by atoms with Gasteiger partial charge in [-0.2, -0.15) is 0 Å². The smallest absolute Gasteiger partial charge is 0.226 e. The summed E-state index contributed by atoms with van der Waals surface area (Å²) < 4.78 is -0.885. The van der Waals surface area contributed by atoms with Crippen LogP contribution in [-0.2, 0) is 4.79 Å². The fourth-order valence-corrected chi connectivity index (χ4v) is 2.36. The molecular formula is C10H15Cl2NO2. The van der Waals surface area contributed by atoms with Gasteiger partial charge in [0.05, 0.1) is 18.1 Å². The summed E-state index contributed by atoms with van der Waals surface area (Å²) in [6.45, 7) is 1.84. The highest BCUT2D eigenvalue weighted by molar-refractivity contribution is 6.52. The molecule has 2 unspecified atom stereocenters. The first-order chi connectivity index (χ1) is 6.89. The van der Waals surface area contributed by atoms with Crippen molar-refractivity contribution >= 4 is 29.1 Å². The van der Waals surface area contributed by atoms with Crippen LogP contribution in [0.2, 0.25) is 0 Å². The molecule has 3 nitrogen and oxygen atoms in total. The molecule has 0 aliphatic heterocycles. The van der Waals surface area contributed by atoms with Gasteiger partial charge in [0, 0.05) is 0 Å². The highest BCUT2D eigenvalue weighted by Gasteiger charge is 2.57. The summed E-state index contributed by atoms with van der Waals surface area (Å²) in [7, 11) is 0. The van der Waals surface area contributed by atoms with E-state index in [2.05, 4.69) is 5.32 Å². The Morgan fingerprint density at radius 1 is 1.60 bits per heavy atom. The molecule has 2 rings (SSSR count). The van der Waals surface area contributed by atoms with Crippen molar-refractivity contribution in [2.75, 3.05) is 6.61 Å². The molecule has 2 aliphatic carbocycles. The lowest BCUT2D eigenvalue weighted by Gasteiger charge is -2.28. The maximum atomic E-state index is 11.7. The number of hydrogen-bond acceptors (Lipinski definition) is 2. The van der Waals surface area contributed by atoms with E-state index < -0.39 is 9.87 Å². The summed E-state index contributed by atoms with van der Waals surface area (Å²) in [5.41, 5.74) is -0.496. The summed E-state index contributed by atoms with van der Waals surface area (Å²) in [5.74, 6) is -0.0563. The van der Waals surface area contributed by atoms with E-state index in [4.69, 9.17) is 23.2 Å². The van der Waals surface area contributed by atoms with Crippen molar-refractivity contribution in [1.82, 2.24) is 5.32 Å². The Morgan fingerprint density at radius 3 is 2.47 bits per heavy atom. The van der Waals surface area contributed by atoms with Crippen LogP contribution in [0.5, 0.6) is 0 Å². The van der Waals surface area contributed by atoms with Gasteiger partial charge in [0.2, 0.25) is 5.91 Å². The number of rotatable bonds is 4. The number of amides is 1. The van der Waals surface area contributed by atoms with Crippen molar-refractivity contribution in [2.24, 2.45) is 11.8 Å². The number of alkyl halides is 2. The molecule has 0 radical (unpaired) electrons. The molecule has 0 spiro atoms. The predicted molar refractivity (Wildman–Crippen MR) is 58.9 cm³/mol. The number of halogens is 2. The van der Waals surface area contributed by atoms with Crippen LogP contribution in [0.25, 0.3) is 0 Å². The summed E-state index contributed by atoms with van der Waals surface area (Å²) in [6.07, 6.45) is 2.64. The SMILES string of the molecule is CC(CO)(NC(=O)C1CC1(Cl)Cl)C1CC1. The molecule has 2 atom stereocenters. The quantitative estimate of drug-likeness (QED) is 0.744. The maximum Gasteiger partial charge on any atom is 0.226 e. The molecule has 0 bridgehead atoms. The van der Waals surface area contributed by atoms with Gasteiger partial charge in [0.15, 0.2) is 0 Å². The van der Waals surface area contributed by atoms with Gasteiger partial charge in [-0.25, -0.2) is 0 Å². The Labute approximate surface area is 99.1 Å². The predicted octanol–water partition coefficient (Wildman–Crippen LogP) is 1.46. The van der Waals surface area contributed by atoms with Crippen LogP contribution >= 0.6 is 23.2 Å². The molecule has 0 aromatic heterocycles. The van der Waals surface area contributed by atoms with Gasteiger partial charge in [-0.15, -0.1) is 23.2 Å². The molecule has 5 heteroatoms. The fraction of sp³-hybridized carbons (Fsp3) is 0.900. The van der Waals surface area contributed by atoms with Crippen LogP contribution in [-0.4, -0.2) is 27.5 Å². The largest absolute Gasteiger partial charge is 0.394 e. The van der Waals surface area contributed by atoms with E-state index in [-0.39, 0.29) is 18.4 Å². The van der Waals surface area contributed by atoms with Crippen molar-refractivity contribution in [3.05, 3.63) is 0 Å². The van der Waals surface area contributed by atoms with Crippen LogP contribution in [0.4, 0.5) is 0 Å². The summed E-state index contributed by atoms with van der Waals surface area (Å²) in [4.78, 5) is 11.7. The molecule has 0 heterocycles. The molecular weight excluding hydrogens is 237 g/mol. The zero-order valence-electron chi connectivity index (χ0n) is 8.59. The zero-order valence-corrected chi connectivity index (χ0v) is 10.1. The van der Waals surface area contributed by atoms with Crippen LogP contribution in [0.15, 0.2) is 0 Å². The molecule has 2 saturated carbocycles. The van der Waals surface area contributed by atoms with Crippen molar-refractivity contribution in [2.45, 2.75) is 36.1 Å². The molecule has 86 valence electrons. The minimum Gasteiger partial charge on any atom is -0.394 e. The second-order valence-corrected chi connectivity index (χ2v) is 6.40. The van der Waals surface area contributed by atoms with Gasteiger partial charge < -0.3 is 10.4 Å². The van der Waals surface area contributed by atoms with Crippen molar-refractivity contribution < 1.29 is 9.90 Å². The molecule has 2 aliphatic rings.